The molecule has 0 bridgehead atoms. The van der Waals surface area contributed by atoms with Gasteiger partial charge in [0.25, 0.3) is 0 Å². The third-order valence-corrected chi connectivity index (χ3v) is 4.30. The van der Waals surface area contributed by atoms with Gasteiger partial charge in [-0.25, -0.2) is 9.99 Å². The van der Waals surface area contributed by atoms with E-state index >= 15 is 0 Å². The molecule has 0 saturated heterocycles. The number of para-hydroxylation sites is 1. The molecule has 0 atom stereocenters. The van der Waals surface area contributed by atoms with Crippen LogP contribution in [0.15, 0.2) is 59.8 Å². The van der Waals surface area contributed by atoms with Crippen molar-refractivity contribution in [2.75, 3.05) is 5.01 Å². The van der Waals surface area contributed by atoms with Crippen molar-refractivity contribution >= 4 is 52.1 Å². The number of benzene rings is 2. The van der Waals surface area contributed by atoms with E-state index in [1.807, 2.05) is 60.8 Å². The minimum atomic E-state index is 0.607. The zero-order chi connectivity index (χ0) is 15.8. The highest BCUT2D eigenvalue weighted by molar-refractivity contribution is 6.39. The number of anilines is 1. The van der Waals surface area contributed by atoms with E-state index in [-0.39, 0.29) is 0 Å². The number of nitrogens with zero attached hydrogens (tertiary/aromatic N) is 3. The molecule has 0 unspecified atom stereocenters. The van der Waals surface area contributed by atoms with E-state index in [0.29, 0.717) is 10.0 Å². The summed E-state index contributed by atoms with van der Waals surface area (Å²) in [6, 6.07) is 15.4. The fourth-order valence-electron chi connectivity index (χ4n) is 2.51. The van der Waals surface area contributed by atoms with Gasteiger partial charge in [-0.1, -0.05) is 41.4 Å². The summed E-state index contributed by atoms with van der Waals surface area (Å²) in [6.07, 6.45) is 5.52. The molecule has 1 aliphatic rings. The highest BCUT2D eigenvalue weighted by Gasteiger charge is 2.14. The number of pyridine rings is 1. The number of hydrogen-bond acceptors (Lipinski definition) is 3. The quantitative estimate of drug-likeness (QED) is 0.596. The first-order valence-corrected chi connectivity index (χ1v) is 7.83. The van der Waals surface area contributed by atoms with E-state index in [0.717, 1.165) is 27.8 Å². The van der Waals surface area contributed by atoms with Crippen LogP contribution in [0.25, 0.3) is 17.0 Å². The molecule has 112 valence electrons. The van der Waals surface area contributed by atoms with Gasteiger partial charge >= 0.3 is 0 Å². The molecule has 0 fully saturated rings. The van der Waals surface area contributed by atoms with E-state index < -0.39 is 0 Å². The predicted molar refractivity (Wildman–Crippen MR) is 97.3 cm³/mol. The molecule has 1 aromatic heterocycles. The Morgan fingerprint density at radius 3 is 2.61 bits per heavy atom. The zero-order valence-corrected chi connectivity index (χ0v) is 13.5. The summed E-state index contributed by atoms with van der Waals surface area (Å²) >= 11 is 12.6. The molecule has 0 N–H and O–H groups in total. The Hall–Kier alpha value is -2.36. The normalized spacial score (nSPS) is 13.2. The van der Waals surface area contributed by atoms with Gasteiger partial charge in [0.2, 0.25) is 0 Å². The van der Waals surface area contributed by atoms with Crippen LogP contribution in [0.2, 0.25) is 10.0 Å². The molecule has 0 aliphatic carbocycles. The maximum Gasteiger partial charge on any atom is 0.0756 e. The van der Waals surface area contributed by atoms with Crippen LogP contribution in [-0.4, -0.2) is 11.2 Å². The monoisotopic (exact) mass is 339 g/mol. The second kappa shape index (κ2) is 5.69. The molecule has 0 saturated carbocycles. The number of hydrogen-bond donors (Lipinski definition) is 0. The third-order valence-electron chi connectivity index (χ3n) is 3.65. The zero-order valence-electron chi connectivity index (χ0n) is 11.9. The predicted octanol–water partition coefficient (Wildman–Crippen LogP) is 5.37. The molecule has 4 rings (SSSR count). The van der Waals surface area contributed by atoms with Crippen LogP contribution < -0.4 is 5.01 Å². The molecular formula is C18H11Cl2N3. The summed E-state index contributed by atoms with van der Waals surface area (Å²) in [6.45, 7) is 0. The number of aromatic nitrogens is 1. The maximum absolute atomic E-state index is 6.56. The van der Waals surface area contributed by atoms with Crippen LogP contribution in [0.4, 0.5) is 5.69 Å². The van der Waals surface area contributed by atoms with Crippen LogP contribution in [0, 0.1) is 0 Å². The average Bonchev–Trinajstić information content (AvgIpc) is 2.79. The van der Waals surface area contributed by atoms with Crippen molar-refractivity contribution in [3.8, 4) is 0 Å². The minimum Gasteiger partial charge on any atom is -0.248 e. The van der Waals surface area contributed by atoms with Gasteiger partial charge in [0, 0.05) is 22.2 Å². The topological polar surface area (TPSA) is 28.5 Å². The lowest BCUT2D eigenvalue weighted by Crippen LogP contribution is -2.06. The number of hydrazone groups is 1. The summed E-state index contributed by atoms with van der Waals surface area (Å²) in [7, 11) is 0. The SMILES string of the molecule is Clc1ccc2nc3c(c(Cl)c2c1)C=NN(c1ccccc1)C=C3. The Morgan fingerprint density at radius 1 is 0.957 bits per heavy atom. The van der Waals surface area contributed by atoms with Crippen molar-refractivity contribution in [2.45, 2.75) is 0 Å². The maximum atomic E-state index is 6.56. The Morgan fingerprint density at radius 2 is 1.78 bits per heavy atom. The smallest absolute Gasteiger partial charge is 0.0756 e. The van der Waals surface area contributed by atoms with Gasteiger partial charge in [-0.2, -0.15) is 5.10 Å². The second-order valence-electron chi connectivity index (χ2n) is 5.13. The first kappa shape index (κ1) is 14.2. The van der Waals surface area contributed by atoms with Crippen LogP contribution in [0.3, 0.4) is 0 Å². The largest absolute Gasteiger partial charge is 0.248 e. The van der Waals surface area contributed by atoms with Gasteiger partial charge < -0.3 is 0 Å². The molecule has 2 heterocycles. The summed E-state index contributed by atoms with van der Waals surface area (Å²) in [5.74, 6) is 0. The Balaban J connectivity index is 1.87. The summed E-state index contributed by atoms with van der Waals surface area (Å²) in [5.41, 5.74) is 3.35. The molecular weight excluding hydrogens is 329 g/mol. The number of halogens is 2. The first-order chi connectivity index (χ1) is 11.2. The fourth-order valence-corrected chi connectivity index (χ4v) is 2.98. The molecule has 1 aliphatic heterocycles. The Labute approximate surface area is 143 Å². The van der Waals surface area contributed by atoms with Gasteiger partial charge in [-0.15, -0.1) is 0 Å². The number of rotatable bonds is 1. The molecule has 5 heteroatoms. The molecule has 0 spiro atoms. The van der Waals surface area contributed by atoms with Gasteiger partial charge in [0.15, 0.2) is 0 Å². The molecule has 0 amide bonds. The summed E-state index contributed by atoms with van der Waals surface area (Å²) in [5, 5.41) is 8.34. The van der Waals surface area contributed by atoms with E-state index in [1.54, 1.807) is 11.2 Å². The summed E-state index contributed by atoms with van der Waals surface area (Å²) in [4.78, 5) is 4.66. The molecule has 0 radical (unpaired) electrons. The van der Waals surface area contributed by atoms with Gasteiger partial charge in [-0.05, 0) is 36.4 Å². The van der Waals surface area contributed by atoms with Gasteiger partial charge in [0.1, 0.15) is 0 Å². The van der Waals surface area contributed by atoms with Crippen LogP contribution in [0.1, 0.15) is 11.3 Å². The fraction of sp³-hybridized carbons (Fsp3) is 0. The Kier molecular flexibility index (Phi) is 3.52. The standard InChI is InChI=1S/C18H11Cl2N3/c19-12-6-7-16-14(10-12)18(20)15-11-21-23(9-8-17(15)22-16)13-4-2-1-3-5-13/h1-11H. The average molecular weight is 340 g/mol. The van der Waals surface area contributed by atoms with E-state index in [9.17, 15) is 0 Å². The van der Waals surface area contributed by atoms with Gasteiger partial charge in [0.05, 0.1) is 28.1 Å². The van der Waals surface area contributed by atoms with E-state index in [2.05, 4.69) is 10.1 Å². The highest BCUT2D eigenvalue weighted by Crippen LogP contribution is 2.31. The highest BCUT2D eigenvalue weighted by atomic mass is 35.5. The van der Waals surface area contributed by atoms with Crippen LogP contribution in [0.5, 0.6) is 0 Å². The van der Waals surface area contributed by atoms with E-state index in [1.165, 1.54) is 0 Å². The van der Waals surface area contributed by atoms with E-state index in [4.69, 9.17) is 23.2 Å². The minimum absolute atomic E-state index is 0.607. The van der Waals surface area contributed by atoms with Crippen molar-refractivity contribution in [3.05, 3.63) is 76.0 Å². The van der Waals surface area contributed by atoms with Crippen molar-refractivity contribution in [2.24, 2.45) is 5.10 Å². The lowest BCUT2D eigenvalue weighted by atomic mass is 10.1. The molecule has 2 aromatic carbocycles. The van der Waals surface area contributed by atoms with Crippen molar-refractivity contribution in [3.63, 3.8) is 0 Å². The lowest BCUT2D eigenvalue weighted by molar-refractivity contribution is 1.09. The lowest BCUT2D eigenvalue weighted by Gasteiger charge is -2.12. The van der Waals surface area contributed by atoms with Crippen LogP contribution in [-0.2, 0) is 0 Å². The van der Waals surface area contributed by atoms with Crippen molar-refractivity contribution in [1.29, 1.82) is 0 Å². The third kappa shape index (κ3) is 2.58. The molecule has 3 nitrogen and oxygen atoms in total. The van der Waals surface area contributed by atoms with Crippen molar-refractivity contribution in [1.82, 2.24) is 4.98 Å². The Bertz CT molecular complexity index is 949. The number of fused-ring (bicyclic) bond motifs is 2. The molecule has 23 heavy (non-hydrogen) atoms. The second-order valence-corrected chi connectivity index (χ2v) is 5.94. The first-order valence-electron chi connectivity index (χ1n) is 7.07. The summed E-state index contributed by atoms with van der Waals surface area (Å²) < 4.78 is 0. The molecule has 3 aromatic rings. The van der Waals surface area contributed by atoms with Crippen LogP contribution >= 0.6 is 23.2 Å². The van der Waals surface area contributed by atoms with Gasteiger partial charge in [-0.3, -0.25) is 0 Å². The van der Waals surface area contributed by atoms with Crippen molar-refractivity contribution < 1.29 is 0 Å².